The lowest BCUT2D eigenvalue weighted by atomic mass is 10.1. The number of anilines is 1. The van der Waals surface area contributed by atoms with Crippen LogP contribution in [0.1, 0.15) is 6.92 Å². The number of ether oxygens (including phenoxy) is 1. The quantitative estimate of drug-likeness (QED) is 0.405. The van der Waals surface area contributed by atoms with Gasteiger partial charge in [-0.05, 0) is 37.3 Å². The molecule has 4 aromatic rings. The van der Waals surface area contributed by atoms with E-state index in [1.807, 2.05) is 6.92 Å². The number of halogens is 1. The number of oxazole rings is 1. The lowest BCUT2D eigenvalue weighted by Crippen LogP contribution is -2.43. The molecule has 0 fully saturated rings. The van der Waals surface area contributed by atoms with Gasteiger partial charge in [0.25, 0.3) is 0 Å². The normalized spacial score (nSPS) is 12.4. The van der Waals surface area contributed by atoms with E-state index in [4.69, 9.17) is 15.0 Å². The maximum atomic E-state index is 13.4. The monoisotopic (exact) mass is 382 g/mol. The zero-order valence-corrected chi connectivity index (χ0v) is 15.4. The molecule has 9 heteroatoms. The van der Waals surface area contributed by atoms with Crippen LogP contribution >= 0.6 is 0 Å². The molecule has 0 saturated heterocycles. The third-order valence-electron chi connectivity index (χ3n) is 4.38. The molecular formula is C19H19FN6O2. The molecule has 0 aliphatic heterocycles. The van der Waals surface area contributed by atoms with E-state index in [9.17, 15) is 4.39 Å². The summed E-state index contributed by atoms with van der Waals surface area (Å²) >= 11 is 0. The van der Waals surface area contributed by atoms with Gasteiger partial charge in [-0.15, -0.1) is 0 Å². The zero-order valence-electron chi connectivity index (χ0n) is 15.4. The van der Waals surface area contributed by atoms with Gasteiger partial charge < -0.3 is 9.15 Å². The van der Waals surface area contributed by atoms with E-state index in [-0.39, 0.29) is 11.9 Å². The average Bonchev–Trinajstić information content (AvgIpc) is 3.29. The number of aromatic nitrogens is 4. The van der Waals surface area contributed by atoms with Gasteiger partial charge in [-0.3, -0.25) is 9.41 Å². The molecule has 0 aliphatic rings. The van der Waals surface area contributed by atoms with Crippen molar-refractivity contribution in [3.63, 3.8) is 0 Å². The zero-order chi connectivity index (χ0) is 19.7. The summed E-state index contributed by atoms with van der Waals surface area (Å²) < 4.78 is 25.7. The van der Waals surface area contributed by atoms with Crippen molar-refractivity contribution in [2.75, 3.05) is 18.7 Å². The number of methoxy groups -OCH3 is 1. The van der Waals surface area contributed by atoms with E-state index in [1.165, 1.54) is 23.4 Å². The van der Waals surface area contributed by atoms with Crippen LogP contribution in [0.25, 0.3) is 28.5 Å². The first kappa shape index (κ1) is 18.1. The molecule has 0 unspecified atom stereocenters. The van der Waals surface area contributed by atoms with Crippen molar-refractivity contribution in [2.45, 2.75) is 13.0 Å². The summed E-state index contributed by atoms with van der Waals surface area (Å²) in [7, 11) is 1.61. The minimum atomic E-state index is -0.316. The van der Waals surface area contributed by atoms with Gasteiger partial charge in [-0.2, -0.15) is 4.98 Å². The summed E-state index contributed by atoms with van der Waals surface area (Å²) in [5, 5.41) is 1.46. The van der Waals surface area contributed by atoms with Gasteiger partial charge in [-0.1, -0.05) is 0 Å². The Balaban J connectivity index is 1.83. The predicted octanol–water partition coefficient (Wildman–Crippen LogP) is 2.91. The largest absolute Gasteiger partial charge is 0.432 e. The number of imidazole rings is 1. The first-order valence-corrected chi connectivity index (χ1v) is 8.66. The minimum absolute atomic E-state index is 0.115. The minimum Gasteiger partial charge on any atom is -0.432 e. The Morgan fingerprint density at radius 3 is 2.79 bits per heavy atom. The van der Waals surface area contributed by atoms with Crippen molar-refractivity contribution in [1.29, 1.82) is 0 Å². The summed E-state index contributed by atoms with van der Waals surface area (Å²) in [4.78, 5) is 13.4. The molecule has 3 heterocycles. The van der Waals surface area contributed by atoms with Crippen LogP contribution in [0, 0.1) is 5.82 Å². The smallest absolute Gasteiger partial charge is 0.306 e. The summed E-state index contributed by atoms with van der Waals surface area (Å²) in [5.74, 6) is 6.60. The maximum absolute atomic E-state index is 13.4. The van der Waals surface area contributed by atoms with Crippen LogP contribution in [0.3, 0.4) is 0 Å². The number of nitrogens with zero attached hydrogens (tertiary/aromatic N) is 5. The van der Waals surface area contributed by atoms with E-state index in [0.29, 0.717) is 35.5 Å². The number of hydrazine groups is 1. The van der Waals surface area contributed by atoms with Crippen LogP contribution in [0.5, 0.6) is 0 Å². The average molecular weight is 382 g/mol. The Kier molecular flexibility index (Phi) is 4.76. The fourth-order valence-electron chi connectivity index (χ4n) is 2.96. The number of fused-ring (bicyclic) bond motifs is 1. The highest BCUT2D eigenvalue weighted by Gasteiger charge is 2.21. The van der Waals surface area contributed by atoms with Gasteiger partial charge in [0.1, 0.15) is 23.5 Å². The molecule has 2 N–H and O–H groups in total. The SMILES string of the molecule is COC[C@H](C)N(N)c1nccc(-c2c(-c3ccc(F)cc3)nc3occn23)n1. The molecule has 0 saturated carbocycles. The molecule has 1 atom stereocenters. The van der Waals surface area contributed by atoms with Gasteiger partial charge in [0.2, 0.25) is 5.95 Å². The van der Waals surface area contributed by atoms with Crippen molar-refractivity contribution >= 4 is 11.8 Å². The van der Waals surface area contributed by atoms with Gasteiger partial charge in [0.15, 0.2) is 0 Å². The molecule has 0 amide bonds. The van der Waals surface area contributed by atoms with E-state index in [1.54, 1.807) is 42.1 Å². The number of nitrogens with two attached hydrogens (primary N) is 1. The first-order valence-electron chi connectivity index (χ1n) is 8.66. The molecule has 28 heavy (non-hydrogen) atoms. The van der Waals surface area contributed by atoms with Crippen LogP contribution in [-0.2, 0) is 4.74 Å². The van der Waals surface area contributed by atoms with Crippen molar-refractivity contribution in [3.8, 4) is 22.6 Å². The number of rotatable bonds is 6. The Labute approximate surface area is 160 Å². The highest BCUT2D eigenvalue weighted by Crippen LogP contribution is 2.32. The molecule has 144 valence electrons. The molecule has 1 aromatic carbocycles. The molecule has 0 bridgehead atoms. The van der Waals surface area contributed by atoms with Gasteiger partial charge in [0, 0.05) is 25.1 Å². The second-order valence-corrected chi connectivity index (χ2v) is 6.33. The van der Waals surface area contributed by atoms with Gasteiger partial charge in [-0.25, -0.2) is 20.2 Å². The summed E-state index contributed by atoms with van der Waals surface area (Å²) in [6, 6.07) is 7.76. The number of hydrogen-bond acceptors (Lipinski definition) is 7. The number of hydrogen-bond donors (Lipinski definition) is 1. The van der Waals surface area contributed by atoms with Crippen molar-refractivity contribution < 1.29 is 13.5 Å². The van der Waals surface area contributed by atoms with E-state index >= 15 is 0 Å². The summed E-state index contributed by atoms with van der Waals surface area (Å²) in [6.45, 7) is 2.35. The number of benzene rings is 1. The molecular weight excluding hydrogens is 363 g/mol. The molecule has 8 nitrogen and oxygen atoms in total. The van der Waals surface area contributed by atoms with Crippen LogP contribution in [0.2, 0.25) is 0 Å². The highest BCUT2D eigenvalue weighted by atomic mass is 19.1. The summed E-state index contributed by atoms with van der Waals surface area (Å²) in [5.41, 5.74) is 2.68. The Hall–Kier alpha value is -3.30. The maximum Gasteiger partial charge on any atom is 0.306 e. The lowest BCUT2D eigenvalue weighted by Gasteiger charge is -2.23. The second-order valence-electron chi connectivity index (χ2n) is 6.33. The fourth-order valence-corrected chi connectivity index (χ4v) is 2.96. The molecule has 0 radical (unpaired) electrons. The fraction of sp³-hybridized carbons (Fsp3) is 0.211. The standard InChI is InChI=1S/C19H19FN6O2/c1-12(11-27-2)26(21)18-22-8-7-15(23-18)17-16(13-3-5-14(20)6-4-13)24-19-25(17)9-10-28-19/h3-10,12H,11,21H2,1-2H3/t12-/m0/s1. The Bertz CT molecular complexity index is 1090. The van der Waals surface area contributed by atoms with Crippen LogP contribution in [-0.4, -0.2) is 39.1 Å². The lowest BCUT2D eigenvalue weighted by molar-refractivity contribution is 0.181. The summed E-state index contributed by atoms with van der Waals surface area (Å²) in [6.07, 6.45) is 4.92. The van der Waals surface area contributed by atoms with Gasteiger partial charge in [0.05, 0.1) is 18.3 Å². The van der Waals surface area contributed by atoms with E-state index in [0.717, 1.165) is 5.56 Å². The van der Waals surface area contributed by atoms with Crippen molar-refractivity contribution in [3.05, 3.63) is 54.8 Å². The second kappa shape index (κ2) is 7.37. The van der Waals surface area contributed by atoms with Crippen LogP contribution in [0.4, 0.5) is 10.3 Å². The topological polar surface area (TPSA) is 94.7 Å². The molecule has 0 spiro atoms. The highest BCUT2D eigenvalue weighted by molar-refractivity contribution is 5.79. The van der Waals surface area contributed by atoms with Gasteiger partial charge >= 0.3 is 5.84 Å². The Morgan fingerprint density at radius 1 is 1.25 bits per heavy atom. The van der Waals surface area contributed by atoms with E-state index in [2.05, 4.69) is 15.0 Å². The predicted molar refractivity (Wildman–Crippen MR) is 102 cm³/mol. The third kappa shape index (κ3) is 3.21. The molecule has 0 aliphatic carbocycles. The third-order valence-corrected chi connectivity index (χ3v) is 4.38. The van der Waals surface area contributed by atoms with Crippen LogP contribution < -0.4 is 10.9 Å². The van der Waals surface area contributed by atoms with E-state index < -0.39 is 0 Å². The molecule has 4 rings (SSSR count). The van der Waals surface area contributed by atoms with Crippen molar-refractivity contribution in [2.24, 2.45) is 5.84 Å². The first-order chi connectivity index (χ1) is 13.6. The van der Waals surface area contributed by atoms with Crippen LogP contribution in [0.15, 0.2) is 53.4 Å². The van der Waals surface area contributed by atoms with Crippen molar-refractivity contribution in [1.82, 2.24) is 19.4 Å². The molecule has 3 aromatic heterocycles. The Morgan fingerprint density at radius 2 is 2.04 bits per heavy atom.